The van der Waals surface area contributed by atoms with Crippen LogP contribution in [0.4, 0.5) is 13.2 Å². The summed E-state index contributed by atoms with van der Waals surface area (Å²) in [4.78, 5) is 0. The molecule has 0 bridgehead atoms. The van der Waals surface area contributed by atoms with Gasteiger partial charge >= 0.3 is 15.6 Å². The summed E-state index contributed by atoms with van der Waals surface area (Å²) in [5, 5.41) is 3.76. The minimum atomic E-state index is -5.81. The van der Waals surface area contributed by atoms with Crippen LogP contribution in [0.5, 0.6) is 0 Å². The Kier molecular flexibility index (Phi) is 14.9. The molecule has 0 aliphatic carbocycles. The molecule has 310 valence electrons. The monoisotopic (exact) mass is 840 g/mol. The van der Waals surface area contributed by atoms with Crippen LogP contribution in [0.25, 0.3) is 0 Å². The smallest absolute Gasteiger partial charge is 0.405 e. The summed E-state index contributed by atoms with van der Waals surface area (Å²) in [7, 11) is -11.7. The summed E-state index contributed by atoms with van der Waals surface area (Å²) in [6.45, 7) is 12.8. The minimum Gasteiger partial charge on any atom is -0.405 e. The Morgan fingerprint density at radius 3 is 1.47 bits per heavy atom. The molecule has 0 spiro atoms. The highest BCUT2D eigenvalue weighted by atomic mass is 32.2. The first kappa shape index (κ1) is 45.0. The Balaban J connectivity index is 1.24. The predicted octanol–water partition coefficient (Wildman–Crippen LogP) is 8.87. The molecule has 57 heavy (non-hydrogen) atoms. The van der Waals surface area contributed by atoms with Crippen molar-refractivity contribution in [3.05, 3.63) is 121 Å². The van der Waals surface area contributed by atoms with Gasteiger partial charge in [0.2, 0.25) is 0 Å². The molecule has 0 unspecified atom stereocenters. The molecule has 4 aromatic rings. The van der Waals surface area contributed by atoms with Crippen molar-refractivity contribution in [1.82, 2.24) is 0 Å². The highest BCUT2D eigenvalue weighted by molar-refractivity contribution is 7.87. The van der Waals surface area contributed by atoms with E-state index in [9.17, 15) is 21.6 Å². The number of unbranched alkanes of at least 4 members (excludes halogenated alkanes) is 2. The van der Waals surface area contributed by atoms with Gasteiger partial charge < -0.3 is 13.6 Å². The van der Waals surface area contributed by atoms with E-state index in [1.807, 2.05) is 72.8 Å². The van der Waals surface area contributed by atoms with Gasteiger partial charge in [0.25, 0.3) is 16.6 Å². The zero-order valence-corrected chi connectivity index (χ0v) is 37.0. The van der Waals surface area contributed by atoms with Gasteiger partial charge in [-0.1, -0.05) is 182 Å². The van der Waals surface area contributed by atoms with Gasteiger partial charge in [-0.15, -0.1) is 0 Å². The van der Waals surface area contributed by atoms with Gasteiger partial charge in [-0.3, -0.25) is 4.18 Å². The molecule has 6 nitrogen and oxygen atoms in total. The number of rotatable bonds is 18. The van der Waals surface area contributed by atoms with Gasteiger partial charge in [0.05, 0.1) is 31.5 Å². The average molecular weight is 841 g/mol. The van der Waals surface area contributed by atoms with Crippen molar-refractivity contribution in [3.8, 4) is 0 Å². The molecule has 0 amide bonds. The van der Waals surface area contributed by atoms with Crippen LogP contribution >= 0.6 is 0 Å². The van der Waals surface area contributed by atoms with Gasteiger partial charge in [0, 0.05) is 0 Å². The van der Waals surface area contributed by atoms with Crippen molar-refractivity contribution in [2.24, 2.45) is 0 Å². The number of alkyl halides is 3. The van der Waals surface area contributed by atoms with Crippen molar-refractivity contribution in [1.29, 1.82) is 0 Å². The van der Waals surface area contributed by atoms with Crippen LogP contribution in [-0.2, 0) is 27.9 Å². The molecule has 0 N–H and O–H groups in total. The van der Waals surface area contributed by atoms with Gasteiger partial charge in [-0.25, -0.2) is 0 Å². The van der Waals surface area contributed by atoms with Crippen LogP contribution in [0.1, 0.15) is 86.5 Å². The van der Waals surface area contributed by atoms with Crippen LogP contribution in [-0.4, -0.2) is 62.1 Å². The SMILES string of the molecule is CC(C)(C)[Si](OC[C@@H]1CC[C@@H](CCCCC[C@H](COS(=O)(=O)C(F)(F)F)O[Si](c2ccccc2)(c2ccccc2)C(C)(C)C)O1)(c1ccccc1)c1ccccc1. The van der Waals surface area contributed by atoms with Crippen LogP contribution in [0, 0.1) is 0 Å². The molecule has 1 aliphatic heterocycles. The second-order valence-electron chi connectivity index (χ2n) is 17.2. The van der Waals surface area contributed by atoms with E-state index in [1.54, 1.807) is 0 Å². The summed E-state index contributed by atoms with van der Waals surface area (Å²) >= 11 is 0. The van der Waals surface area contributed by atoms with E-state index in [2.05, 4.69) is 94.3 Å². The molecule has 1 saturated heterocycles. The van der Waals surface area contributed by atoms with Crippen molar-refractivity contribution in [2.45, 2.75) is 120 Å². The third-order valence-electron chi connectivity index (χ3n) is 11.1. The molecule has 0 radical (unpaired) electrons. The van der Waals surface area contributed by atoms with E-state index in [4.69, 9.17) is 13.6 Å². The maximum atomic E-state index is 13.4. The quantitative estimate of drug-likeness (QED) is 0.0432. The maximum absolute atomic E-state index is 13.4. The Bertz CT molecular complexity index is 1840. The zero-order chi connectivity index (χ0) is 41.4. The van der Waals surface area contributed by atoms with Crippen LogP contribution in [0.15, 0.2) is 121 Å². The van der Waals surface area contributed by atoms with Crippen LogP contribution < -0.4 is 20.7 Å². The first-order chi connectivity index (χ1) is 26.9. The van der Waals surface area contributed by atoms with Crippen molar-refractivity contribution in [2.75, 3.05) is 13.2 Å². The summed E-state index contributed by atoms with van der Waals surface area (Å²) < 4.78 is 89.9. The standard InChI is InChI=1S/C45H59F3O6SSi2/c1-43(2,3)56(39-24-14-8-15-25-39,40-26-16-9-17-27-40)52-35-37-33-32-36(53-37)22-12-7-13-23-38(34-51-55(49,50)45(46,47)48)54-57(44(4,5)6,41-28-18-10-19-29-41)42-30-20-11-21-31-42/h8-11,14-21,24-31,36-38H,7,12-13,22-23,32-35H2,1-6H3/t36-,37+,38-/m1/s1. The van der Waals surface area contributed by atoms with Crippen LogP contribution in [0.2, 0.25) is 10.1 Å². The number of hydrogen-bond acceptors (Lipinski definition) is 6. The van der Waals surface area contributed by atoms with E-state index >= 15 is 0 Å². The van der Waals surface area contributed by atoms with E-state index in [0.29, 0.717) is 19.4 Å². The molecule has 0 aromatic heterocycles. The number of hydrogen-bond donors (Lipinski definition) is 0. The topological polar surface area (TPSA) is 71.1 Å². The largest absolute Gasteiger partial charge is 0.523 e. The van der Waals surface area contributed by atoms with Gasteiger partial charge in [-0.05, 0) is 56.5 Å². The fourth-order valence-electron chi connectivity index (χ4n) is 8.37. The molecule has 5 rings (SSSR count). The van der Waals surface area contributed by atoms with Gasteiger partial charge in [-0.2, -0.15) is 21.6 Å². The number of benzene rings is 4. The third kappa shape index (κ3) is 10.6. The first-order valence-electron chi connectivity index (χ1n) is 20.1. The summed E-state index contributed by atoms with van der Waals surface area (Å²) in [6.07, 6.45) is 4.41. The molecular formula is C45H59F3O6SSi2. The van der Waals surface area contributed by atoms with Gasteiger partial charge in [0.15, 0.2) is 0 Å². The maximum Gasteiger partial charge on any atom is 0.523 e. The van der Waals surface area contributed by atoms with Crippen LogP contribution in [0.3, 0.4) is 0 Å². The lowest BCUT2D eigenvalue weighted by molar-refractivity contribution is -0.0562. The van der Waals surface area contributed by atoms with Crippen molar-refractivity contribution < 1.29 is 39.4 Å². The molecule has 12 heteroatoms. The number of halogens is 3. The van der Waals surface area contributed by atoms with E-state index in [1.165, 1.54) is 10.4 Å². The fourth-order valence-corrected chi connectivity index (χ4v) is 18.1. The molecule has 4 aromatic carbocycles. The first-order valence-corrected chi connectivity index (χ1v) is 25.3. The zero-order valence-electron chi connectivity index (χ0n) is 34.1. The van der Waals surface area contributed by atoms with E-state index < -0.39 is 50.0 Å². The Morgan fingerprint density at radius 2 is 1.05 bits per heavy atom. The minimum absolute atomic E-state index is 0.0198. The second kappa shape index (κ2) is 18.9. The molecule has 1 fully saturated rings. The lowest BCUT2D eigenvalue weighted by Crippen LogP contribution is -2.68. The molecule has 1 heterocycles. The normalized spacial score (nSPS) is 17.8. The Labute approximate surface area is 340 Å². The lowest BCUT2D eigenvalue weighted by Gasteiger charge is -2.45. The molecular weight excluding hydrogens is 782 g/mol. The Morgan fingerprint density at radius 1 is 0.632 bits per heavy atom. The summed E-state index contributed by atoms with van der Waals surface area (Å²) in [5.74, 6) is 0. The van der Waals surface area contributed by atoms with Gasteiger partial charge in [0.1, 0.15) is 0 Å². The second-order valence-corrected chi connectivity index (χ2v) is 27.3. The highest BCUT2D eigenvalue weighted by Crippen LogP contribution is 2.39. The highest BCUT2D eigenvalue weighted by Gasteiger charge is 2.53. The van der Waals surface area contributed by atoms with E-state index in [-0.39, 0.29) is 17.2 Å². The molecule has 1 aliphatic rings. The third-order valence-corrected chi connectivity index (χ3v) is 22.2. The fraction of sp³-hybridized carbons (Fsp3) is 0.467. The summed E-state index contributed by atoms with van der Waals surface area (Å²) in [6, 6.07) is 40.6. The lowest BCUT2D eigenvalue weighted by atomic mass is 10.1. The number of ether oxygens (including phenoxy) is 1. The van der Waals surface area contributed by atoms with Crippen molar-refractivity contribution >= 4 is 47.5 Å². The van der Waals surface area contributed by atoms with E-state index in [0.717, 1.165) is 42.5 Å². The Hall–Kier alpha value is -3.11. The average Bonchev–Trinajstić information content (AvgIpc) is 3.63. The van der Waals surface area contributed by atoms with Crippen molar-refractivity contribution in [3.63, 3.8) is 0 Å². The predicted molar refractivity (Wildman–Crippen MR) is 228 cm³/mol. The molecule has 0 saturated carbocycles. The summed E-state index contributed by atoms with van der Waals surface area (Å²) in [5.41, 5.74) is -5.53. The molecule has 3 atom stereocenters.